The summed E-state index contributed by atoms with van der Waals surface area (Å²) in [5, 5.41) is 2.26. The number of thiophene rings is 1. The maximum atomic E-state index is 13.5. The third kappa shape index (κ3) is 3.10. The fourth-order valence-corrected chi connectivity index (χ4v) is 5.77. The number of thioether (sulfide) groups is 1. The molecule has 0 N–H and O–H groups in total. The van der Waals surface area contributed by atoms with Gasteiger partial charge < -0.3 is 0 Å². The van der Waals surface area contributed by atoms with Gasteiger partial charge in [-0.1, -0.05) is 36.4 Å². The topological polar surface area (TPSA) is 34.9 Å². The van der Waals surface area contributed by atoms with E-state index in [9.17, 15) is 4.79 Å². The Labute approximate surface area is 166 Å². The van der Waals surface area contributed by atoms with Gasteiger partial charge in [-0.25, -0.2) is 4.98 Å². The third-order valence-corrected chi connectivity index (χ3v) is 7.54. The van der Waals surface area contributed by atoms with Gasteiger partial charge in [0.15, 0.2) is 5.16 Å². The molecule has 1 aliphatic rings. The average Bonchev–Trinajstić information content (AvgIpc) is 3.01. The first-order valence-electron chi connectivity index (χ1n) is 9.06. The van der Waals surface area contributed by atoms with E-state index in [1.165, 1.54) is 16.9 Å². The molecule has 136 valence electrons. The van der Waals surface area contributed by atoms with E-state index >= 15 is 0 Å². The molecule has 3 nitrogen and oxygen atoms in total. The van der Waals surface area contributed by atoms with Crippen LogP contribution in [0.3, 0.4) is 0 Å². The SMILES string of the molecule is CCCSc1nc2sc3c(c2c(=O)n1-c1ccc(C)c(Cl)c1)CCCC3. The number of hydrogen-bond acceptors (Lipinski definition) is 4. The summed E-state index contributed by atoms with van der Waals surface area (Å²) in [5.41, 5.74) is 3.09. The summed E-state index contributed by atoms with van der Waals surface area (Å²) >= 11 is 9.69. The summed E-state index contributed by atoms with van der Waals surface area (Å²) in [4.78, 5) is 20.7. The second kappa shape index (κ2) is 7.37. The van der Waals surface area contributed by atoms with Crippen LogP contribution in [0.15, 0.2) is 28.2 Å². The Morgan fingerprint density at radius 3 is 2.88 bits per heavy atom. The zero-order chi connectivity index (χ0) is 18.3. The molecule has 1 aliphatic carbocycles. The molecule has 0 bridgehead atoms. The van der Waals surface area contributed by atoms with Gasteiger partial charge in [-0.05, 0) is 62.3 Å². The van der Waals surface area contributed by atoms with Gasteiger partial charge in [0.2, 0.25) is 0 Å². The van der Waals surface area contributed by atoms with Crippen LogP contribution in [-0.2, 0) is 12.8 Å². The van der Waals surface area contributed by atoms with E-state index in [1.807, 2.05) is 25.1 Å². The standard InChI is InChI=1S/C20H21ClN2OS2/c1-3-10-25-20-22-18-17(14-6-4-5-7-16(14)26-18)19(24)23(20)13-9-8-12(2)15(21)11-13/h8-9,11H,3-7,10H2,1-2H3. The number of benzene rings is 1. The van der Waals surface area contributed by atoms with E-state index in [4.69, 9.17) is 16.6 Å². The Balaban J connectivity index is 2.00. The molecular formula is C20H21ClN2OS2. The molecule has 0 fully saturated rings. The smallest absolute Gasteiger partial charge is 0.267 e. The van der Waals surface area contributed by atoms with Crippen molar-refractivity contribution in [1.29, 1.82) is 0 Å². The molecule has 0 unspecified atom stereocenters. The summed E-state index contributed by atoms with van der Waals surface area (Å²) in [7, 11) is 0. The molecule has 2 heterocycles. The Morgan fingerprint density at radius 2 is 2.12 bits per heavy atom. The van der Waals surface area contributed by atoms with Crippen LogP contribution in [0.25, 0.3) is 15.9 Å². The van der Waals surface area contributed by atoms with Gasteiger partial charge >= 0.3 is 0 Å². The molecular weight excluding hydrogens is 384 g/mol. The lowest BCUT2D eigenvalue weighted by molar-refractivity contribution is 0.699. The van der Waals surface area contributed by atoms with Crippen LogP contribution in [0.4, 0.5) is 0 Å². The molecule has 0 aliphatic heterocycles. The first-order chi connectivity index (χ1) is 12.6. The van der Waals surface area contributed by atoms with Crippen molar-refractivity contribution >= 4 is 44.9 Å². The molecule has 1 aromatic carbocycles. The number of rotatable bonds is 4. The Hall–Kier alpha value is -1.30. The Bertz CT molecular complexity index is 1040. The minimum Gasteiger partial charge on any atom is -0.268 e. The summed E-state index contributed by atoms with van der Waals surface area (Å²) in [6.07, 6.45) is 5.46. The maximum Gasteiger partial charge on any atom is 0.267 e. The van der Waals surface area contributed by atoms with Crippen molar-refractivity contribution in [3.8, 4) is 5.69 Å². The van der Waals surface area contributed by atoms with E-state index in [0.29, 0.717) is 5.02 Å². The van der Waals surface area contributed by atoms with Crippen molar-refractivity contribution in [1.82, 2.24) is 9.55 Å². The number of aromatic nitrogens is 2. The average molecular weight is 405 g/mol. The molecule has 4 rings (SSSR count). The quantitative estimate of drug-likeness (QED) is 0.407. The van der Waals surface area contributed by atoms with E-state index in [0.717, 1.165) is 58.1 Å². The van der Waals surface area contributed by atoms with Crippen LogP contribution in [0.5, 0.6) is 0 Å². The largest absolute Gasteiger partial charge is 0.268 e. The van der Waals surface area contributed by atoms with Crippen molar-refractivity contribution in [2.45, 2.75) is 51.1 Å². The van der Waals surface area contributed by atoms with E-state index in [2.05, 4.69) is 6.92 Å². The molecule has 0 spiro atoms. The number of fused-ring (bicyclic) bond motifs is 3. The highest BCUT2D eigenvalue weighted by Gasteiger charge is 2.22. The second-order valence-corrected chi connectivity index (χ2v) is 9.26. The van der Waals surface area contributed by atoms with Crippen molar-refractivity contribution in [2.24, 2.45) is 0 Å². The lowest BCUT2D eigenvalue weighted by Gasteiger charge is -2.14. The number of aryl methyl sites for hydroxylation is 3. The van der Waals surface area contributed by atoms with Gasteiger partial charge in [0.1, 0.15) is 4.83 Å². The van der Waals surface area contributed by atoms with Crippen LogP contribution >= 0.6 is 34.7 Å². The van der Waals surface area contributed by atoms with Gasteiger partial charge in [-0.15, -0.1) is 11.3 Å². The molecule has 26 heavy (non-hydrogen) atoms. The van der Waals surface area contributed by atoms with Crippen molar-refractivity contribution in [2.75, 3.05) is 5.75 Å². The van der Waals surface area contributed by atoms with Crippen LogP contribution in [0, 0.1) is 6.92 Å². The number of hydrogen-bond donors (Lipinski definition) is 0. The molecule has 6 heteroatoms. The summed E-state index contributed by atoms with van der Waals surface area (Å²) in [6, 6.07) is 5.80. The van der Waals surface area contributed by atoms with Gasteiger partial charge in [0.05, 0.1) is 11.1 Å². The van der Waals surface area contributed by atoms with E-state index < -0.39 is 0 Å². The normalized spacial score (nSPS) is 14.0. The van der Waals surface area contributed by atoms with Crippen LogP contribution in [-0.4, -0.2) is 15.3 Å². The zero-order valence-corrected chi connectivity index (χ0v) is 17.4. The van der Waals surface area contributed by atoms with Crippen molar-refractivity contribution < 1.29 is 0 Å². The zero-order valence-electron chi connectivity index (χ0n) is 15.0. The van der Waals surface area contributed by atoms with Crippen molar-refractivity contribution in [3.63, 3.8) is 0 Å². The van der Waals surface area contributed by atoms with Crippen molar-refractivity contribution in [3.05, 3.63) is 49.6 Å². The van der Waals surface area contributed by atoms with Gasteiger partial charge in [0.25, 0.3) is 5.56 Å². The fourth-order valence-electron chi connectivity index (χ4n) is 3.43. The summed E-state index contributed by atoms with van der Waals surface area (Å²) < 4.78 is 1.76. The molecule has 0 saturated heterocycles. The second-order valence-electron chi connectivity index (χ2n) is 6.71. The third-order valence-electron chi connectivity index (χ3n) is 4.81. The molecule has 2 aromatic heterocycles. The lowest BCUT2D eigenvalue weighted by atomic mass is 9.97. The summed E-state index contributed by atoms with van der Waals surface area (Å²) in [6.45, 7) is 4.11. The highest BCUT2D eigenvalue weighted by Crippen LogP contribution is 2.35. The molecule has 0 radical (unpaired) electrons. The predicted octanol–water partition coefficient (Wildman–Crippen LogP) is 5.79. The van der Waals surface area contributed by atoms with E-state index in [1.54, 1.807) is 27.7 Å². The highest BCUT2D eigenvalue weighted by atomic mass is 35.5. The summed E-state index contributed by atoms with van der Waals surface area (Å²) in [5.74, 6) is 0.933. The molecule has 3 aromatic rings. The van der Waals surface area contributed by atoms with Crippen LogP contribution in [0.2, 0.25) is 5.02 Å². The Kier molecular flexibility index (Phi) is 5.13. The van der Waals surface area contributed by atoms with Crippen LogP contribution < -0.4 is 5.56 Å². The van der Waals surface area contributed by atoms with E-state index in [-0.39, 0.29) is 5.56 Å². The van der Waals surface area contributed by atoms with Gasteiger partial charge in [0, 0.05) is 15.7 Å². The monoisotopic (exact) mass is 404 g/mol. The fraction of sp³-hybridized carbons (Fsp3) is 0.400. The Morgan fingerprint density at radius 1 is 1.31 bits per heavy atom. The minimum absolute atomic E-state index is 0.0490. The number of nitrogens with zero attached hydrogens (tertiary/aromatic N) is 2. The molecule has 0 saturated carbocycles. The first-order valence-corrected chi connectivity index (χ1v) is 11.2. The maximum absolute atomic E-state index is 13.5. The first kappa shape index (κ1) is 18.1. The lowest BCUT2D eigenvalue weighted by Crippen LogP contribution is -2.22. The van der Waals surface area contributed by atoms with Crippen LogP contribution in [0.1, 0.15) is 42.2 Å². The van der Waals surface area contributed by atoms with Gasteiger partial charge in [-0.3, -0.25) is 9.36 Å². The predicted molar refractivity (Wildman–Crippen MR) is 113 cm³/mol. The minimum atomic E-state index is 0.0490. The van der Waals surface area contributed by atoms with Gasteiger partial charge in [-0.2, -0.15) is 0 Å². The highest BCUT2D eigenvalue weighted by molar-refractivity contribution is 7.99. The number of halogens is 1. The molecule has 0 amide bonds. The molecule has 0 atom stereocenters.